The van der Waals surface area contributed by atoms with E-state index in [0.29, 0.717) is 30.9 Å². The van der Waals surface area contributed by atoms with Gasteiger partial charge in [-0.1, -0.05) is 26.0 Å². The van der Waals surface area contributed by atoms with Gasteiger partial charge in [-0.25, -0.2) is 4.39 Å². The van der Waals surface area contributed by atoms with Crippen LogP contribution in [-0.2, 0) is 17.8 Å². The van der Waals surface area contributed by atoms with Gasteiger partial charge < -0.3 is 15.4 Å². The predicted octanol–water partition coefficient (Wildman–Crippen LogP) is 2.91. The van der Waals surface area contributed by atoms with Crippen molar-refractivity contribution in [2.75, 3.05) is 6.54 Å². The standard InChI is InChI=1S/C21H23FN2O3/c1-13(2)19(20(23)25)24-10-9-15-11-17(7-8-18(15)21(24)26)27-12-14-3-5-16(22)6-4-14/h3-8,11,13,19H,9-10,12H2,1-2H3,(H2,23,25). The number of carbonyl (C=O) groups excluding carboxylic acids is 2. The molecule has 0 radical (unpaired) electrons. The number of rotatable bonds is 6. The van der Waals surface area contributed by atoms with E-state index in [1.165, 1.54) is 12.1 Å². The van der Waals surface area contributed by atoms with E-state index >= 15 is 0 Å². The van der Waals surface area contributed by atoms with E-state index in [4.69, 9.17) is 10.5 Å². The Labute approximate surface area is 157 Å². The van der Waals surface area contributed by atoms with Crippen LogP contribution in [0.5, 0.6) is 5.75 Å². The number of hydrogen-bond acceptors (Lipinski definition) is 3. The summed E-state index contributed by atoms with van der Waals surface area (Å²) in [5.74, 6) is -0.355. The van der Waals surface area contributed by atoms with Gasteiger partial charge in [0.2, 0.25) is 5.91 Å². The molecule has 3 rings (SSSR count). The van der Waals surface area contributed by atoms with Crippen LogP contribution in [0.2, 0.25) is 0 Å². The molecule has 0 saturated carbocycles. The number of carbonyl (C=O) groups is 2. The SMILES string of the molecule is CC(C)C(C(N)=O)N1CCc2cc(OCc3ccc(F)cc3)ccc2C1=O. The fourth-order valence-corrected chi connectivity index (χ4v) is 3.43. The number of amides is 2. The highest BCUT2D eigenvalue weighted by atomic mass is 19.1. The molecule has 0 aliphatic carbocycles. The summed E-state index contributed by atoms with van der Waals surface area (Å²) in [5.41, 5.74) is 7.82. The van der Waals surface area contributed by atoms with Crippen LogP contribution < -0.4 is 10.5 Å². The molecule has 0 fully saturated rings. The number of halogens is 1. The van der Waals surface area contributed by atoms with Crippen molar-refractivity contribution >= 4 is 11.8 Å². The average molecular weight is 370 g/mol. The Bertz CT molecular complexity index is 849. The van der Waals surface area contributed by atoms with E-state index in [-0.39, 0.29) is 17.6 Å². The molecular weight excluding hydrogens is 347 g/mol. The topological polar surface area (TPSA) is 72.6 Å². The molecule has 1 aliphatic rings. The molecule has 2 N–H and O–H groups in total. The van der Waals surface area contributed by atoms with Gasteiger partial charge in [-0.3, -0.25) is 9.59 Å². The summed E-state index contributed by atoms with van der Waals surface area (Å²) in [6, 6.07) is 10.8. The molecule has 1 unspecified atom stereocenters. The van der Waals surface area contributed by atoms with Gasteiger partial charge in [0, 0.05) is 12.1 Å². The van der Waals surface area contributed by atoms with Crippen LogP contribution in [-0.4, -0.2) is 29.3 Å². The summed E-state index contributed by atoms with van der Waals surface area (Å²) in [7, 11) is 0. The molecule has 0 aromatic heterocycles. The maximum Gasteiger partial charge on any atom is 0.254 e. The predicted molar refractivity (Wildman–Crippen MR) is 99.7 cm³/mol. The Balaban J connectivity index is 1.74. The lowest BCUT2D eigenvalue weighted by atomic mass is 9.94. The first-order chi connectivity index (χ1) is 12.9. The maximum atomic E-state index is 13.0. The summed E-state index contributed by atoms with van der Waals surface area (Å²) in [5, 5.41) is 0. The largest absolute Gasteiger partial charge is 0.489 e. The van der Waals surface area contributed by atoms with Gasteiger partial charge in [-0.15, -0.1) is 0 Å². The van der Waals surface area contributed by atoms with Gasteiger partial charge in [0.25, 0.3) is 5.91 Å². The summed E-state index contributed by atoms with van der Waals surface area (Å²) in [4.78, 5) is 26.2. The van der Waals surface area contributed by atoms with Gasteiger partial charge in [-0.2, -0.15) is 0 Å². The minimum atomic E-state index is -0.611. The number of nitrogens with zero attached hydrogens (tertiary/aromatic N) is 1. The number of fused-ring (bicyclic) bond motifs is 1. The van der Waals surface area contributed by atoms with Gasteiger partial charge in [0.1, 0.15) is 24.2 Å². The molecule has 1 atom stereocenters. The molecule has 0 saturated heterocycles. The van der Waals surface area contributed by atoms with Crippen LogP contribution in [0.1, 0.15) is 35.3 Å². The normalized spacial score (nSPS) is 14.8. The minimum absolute atomic E-state index is 0.0497. The third-order valence-electron chi connectivity index (χ3n) is 4.77. The first-order valence-corrected chi connectivity index (χ1v) is 8.97. The van der Waals surface area contributed by atoms with Gasteiger partial charge in [0.15, 0.2) is 0 Å². The number of benzene rings is 2. The molecule has 6 heteroatoms. The average Bonchev–Trinajstić information content (AvgIpc) is 2.63. The Morgan fingerprint density at radius 1 is 1.22 bits per heavy atom. The molecule has 142 valence electrons. The summed E-state index contributed by atoms with van der Waals surface area (Å²) >= 11 is 0. The van der Waals surface area contributed by atoms with Crippen LogP contribution in [0, 0.1) is 11.7 Å². The molecule has 2 amide bonds. The van der Waals surface area contributed by atoms with Crippen molar-refractivity contribution in [3.63, 3.8) is 0 Å². The van der Waals surface area contributed by atoms with Crippen LogP contribution in [0.3, 0.4) is 0 Å². The molecule has 0 spiro atoms. The zero-order valence-electron chi connectivity index (χ0n) is 15.4. The monoisotopic (exact) mass is 370 g/mol. The highest BCUT2D eigenvalue weighted by Crippen LogP contribution is 2.27. The first kappa shape index (κ1) is 18.9. The summed E-state index contributed by atoms with van der Waals surface area (Å²) < 4.78 is 18.7. The van der Waals surface area contributed by atoms with E-state index in [2.05, 4.69) is 0 Å². The summed E-state index contributed by atoms with van der Waals surface area (Å²) in [6.45, 7) is 4.52. The Morgan fingerprint density at radius 3 is 2.56 bits per heavy atom. The molecule has 1 aliphatic heterocycles. The lowest BCUT2D eigenvalue weighted by Crippen LogP contribution is -2.53. The highest BCUT2D eigenvalue weighted by molar-refractivity contribution is 5.99. The molecule has 27 heavy (non-hydrogen) atoms. The molecule has 2 aromatic carbocycles. The van der Waals surface area contributed by atoms with Crippen molar-refractivity contribution in [1.29, 1.82) is 0 Å². The number of ether oxygens (including phenoxy) is 1. The van der Waals surface area contributed by atoms with Crippen LogP contribution >= 0.6 is 0 Å². The smallest absolute Gasteiger partial charge is 0.254 e. The molecule has 2 aromatic rings. The number of nitrogens with two attached hydrogens (primary N) is 1. The molecule has 5 nitrogen and oxygen atoms in total. The van der Waals surface area contributed by atoms with E-state index in [9.17, 15) is 14.0 Å². The Kier molecular flexibility index (Phi) is 5.44. The third-order valence-corrected chi connectivity index (χ3v) is 4.77. The highest BCUT2D eigenvalue weighted by Gasteiger charge is 2.34. The van der Waals surface area contributed by atoms with E-state index < -0.39 is 11.9 Å². The molecule has 0 bridgehead atoms. The zero-order valence-corrected chi connectivity index (χ0v) is 15.4. The lowest BCUT2D eigenvalue weighted by Gasteiger charge is -2.35. The second kappa shape index (κ2) is 7.78. The lowest BCUT2D eigenvalue weighted by molar-refractivity contribution is -0.123. The van der Waals surface area contributed by atoms with Crippen molar-refractivity contribution in [3.8, 4) is 5.75 Å². The molecular formula is C21H23FN2O3. The minimum Gasteiger partial charge on any atom is -0.489 e. The van der Waals surface area contributed by atoms with Crippen molar-refractivity contribution in [1.82, 2.24) is 4.90 Å². The fourth-order valence-electron chi connectivity index (χ4n) is 3.43. The zero-order chi connectivity index (χ0) is 19.6. The number of primary amides is 1. The van der Waals surface area contributed by atoms with Gasteiger partial charge in [0.05, 0.1) is 0 Å². The Morgan fingerprint density at radius 2 is 1.93 bits per heavy atom. The van der Waals surface area contributed by atoms with Crippen LogP contribution in [0.25, 0.3) is 0 Å². The van der Waals surface area contributed by atoms with E-state index in [1.807, 2.05) is 19.9 Å². The number of hydrogen-bond donors (Lipinski definition) is 1. The fraction of sp³-hybridized carbons (Fsp3) is 0.333. The van der Waals surface area contributed by atoms with Crippen molar-refractivity contribution in [2.24, 2.45) is 11.7 Å². The Hall–Kier alpha value is -2.89. The van der Waals surface area contributed by atoms with E-state index in [0.717, 1.165) is 11.1 Å². The quantitative estimate of drug-likeness (QED) is 0.850. The second-order valence-corrected chi connectivity index (χ2v) is 7.07. The van der Waals surface area contributed by atoms with Gasteiger partial charge >= 0.3 is 0 Å². The van der Waals surface area contributed by atoms with Crippen molar-refractivity contribution in [2.45, 2.75) is 32.9 Å². The third kappa shape index (κ3) is 4.10. The van der Waals surface area contributed by atoms with Gasteiger partial charge in [-0.05, 0) is 53.8 Å². The van der Waals surface area contributed by atoms with Crippen LogP contribution in [0.4, 0.5) is 4.39 Å². The van der Waals surface area contributed by atoms with Crippen LogP contribution in [0.15, 0.2) is 42.5 Å². The van der Waals surface area contributed by atoms with E-state index in [1.54, 1.807) is 29.2 Å². The maximum absolute atomic E-state index is 13.0. The molecule has 1 heterocycles. The van der Waals surface area contributed by atoms with Crippen molar-refractivity contribution in [3.05, 3.63) is 65.0 Å². The first-order valence-electron chi connectivity index (χ1n) is 8.97. The second-order valence-electron chi connectivity index (χ2n) is 7.07. The van der Waals surface area contributed by atoms with Crippen molar-refractivity contribution < 1.29 is 18.7 Å². The summed E-state index contributed by atoms with van der Waals surface area (Å²) in [6.07, 6.45) is 0.630.